The maximum Gasteiger partial charge on any atom is 0.419 e. The molecule has 8 heteroatoms. The predicted molar refractivity (Wildman–Crippen MR) is 63.6 cm³/mol. The number of rotatable bonds is 4. The summed E-state index contributed by atoms with van der Waals surface area (Å²) in [6.45, 7) is 0. The van der Waals surface area contributed by atoms with E-state index >= 15 is 0 Å². The van der Waals surface area contributed by atoms with Gasteiger partial charge in [0, 0.05) is 6.07 Å². The van der Waals surface area contributed by atoms with Crippen molar-refractivity contribution < 1.29 is 26.3 Å². The van der Waals surface area contributed by atoms with E-state index in [1.807, 2.05) is 0 Å². The zero-order valence-electron chi connectivity index (χ0n) is 9.99. The van der Waals surface area contributed by atoms with Crippen LogP contribution < -0.4 is 9.46 Å². The Morgan fingerprint density at radius 2 is 1.95 bits per heavy atom. The first kappa shape index (κ1) is 14.0. The van der Waals surface area contributed by atoms with Gasteiger partial charge in [0.2, 0.25) is 10.0 Å². The summed E-state index contributed by atoms with van der Waals surface area (Å²) in [7, 11) is -3.54. The predicted octanol–water partition coefficient (Wildman–Crippen LogP) is 2.62. The number of sulfonamides is 1. The van der Waals surface area contributed by atoms with Gasteiger partial charge in [-0.05, 0) is 25.0 Å². The number of anilines is 1. The van der Waals surface area contributed by atoms with Crippen molar-refractivity contribution in [1.82, 2.24) is 0 Å². The van der Waals surface area contributed by atoms with Gasteiger partial charge in [-0.2, -0.15) is 13.2 Å². The zero-order valence-corrected chi connectivity index (χ0v) is 10.8. The molecule has 4 nitrogen and oxygen atoms in total. The van der Waals surface area contributed by atoms with Crippen molar-refractivity contribution >= 4 is 15.7 Å². The van der Waals surface area contributed by atoms with Crippen LogP contribution in [0.2, 0.25) is 0 Å². The van der Waals surface area contributed by atoms with E-state index < -0.39 is 21.8 Å². The second-order valence-electron chi connectivity index (χ2n) is 4.40. The van der Waals surface area contributed by atoms with Crippen LogP contribution in [0.3, 0.4) is 0 Å². The van der Waals surface area contributed by atoms with Crippen molar-refractivity contribution in [2.75, 3.05) is 11.0 Å². The Bertz CT molecular complexity index is 579. The summed E-state index contributed by atoms with van der Waals surface area (Å²) in [5, 5.41) is 0. The fraction of sp³-hybridized carbons (Fsp3) is 0.455. The molecule has 2 rings (SSSR count). The number of halogens is 3. The minimum absolute atomic E-state index is 0.0474. The summed E-state index contributed by atoms with van der Waals surface area (Å²) >= 11 is 0. The largest absolute Gasteiger partial charge is 0.490 e. The van der Waals surface area contributed by atoms with Gasteiger partial charge in [-0.1, -0.05) is 0 Å². The SMILES string of the molecule is CS(=O)(=O)Nc1ccc(C(F)(F)F)c(OC2CC2)c1. The number of benzene rings is 1. The molecule has 1 aliphatic rings. The van der Waals surface area contributed by atoms with Gasteiger partial charge in [0.25, 0.3) is 0 Å². The van der Waals surface area contributed by atoms with Crippen molar-refractivity contribution in [3.05, 3.63) is 23.8 Å². The highest BCUT2D eigenvalue weighted by molar-refractivity contribution is 7.92. The average molecular weight is 295 g/mol. The smallest absolute Gasteiger partial charge is 0.419 e. The zero-order chi connectivity index (χ0) is 14.3. The Morgan fingerprint density at radius 3 is 2.42 bits per heavy atom. The summed E-state index contributed by atoms with van der Waals surface area (Å²) in [6, 6.07) is 2.93. The molecule has 0 unspecified atom stereocenters. The van der Waals surface area contributed by atoms with Crippen LogP contribution in [-0.2, 0) is 16.2 Å². The molecule has 1 aromatic rings. The molecule has 0 amide bonds. The van der Waals surface area contributed by atoms with Gasteiger partial charge < -0.3 is 4.74 Å². The lowest BCUT2D eigenvalue weighted by molar-refractivity contribution is -0.139. The molecule has 0 aromatic heterocycles. The normalized spacial score (nSPS) is 16.2. The summed E-state index contributed by atoms with van der Waals surface area (Å²) in [5.41, 5.74) is -0.857. The first-order valence-corrected chi connectivity index (χ1v) is 7.40. The second-order valence-corrected chi connectivity index (χ2v) is 6.15. The van der Waals surface area contributed by atoms with E-state index in [9.17, 15) is 21.6 Å². The van der Waals surface area contributed by atoms with Crippen LogP contribution in [0.4, 0.5) is 18.9 Å². The van der Waals surface area contributed by atoms with Gasteiger partial charge in [-0.15, -0.1) is 0 Å². The average Bonchev–Trinajstić information content (AvgIpc) is 2.97. The van der Waals surface area contributed by atoms with E-state index in [-0.39, 0.29) is 17.5 Å². The maximum absolute atomic E-state index is 12.8. The fourth-order valence-electron chi connectivity index (χ4n) is 1.50. The van der Waals surface area contributed by atoms with E-state index in [1.54, 1.807) is 0 Å². The molecule has 0 saturated heterocycles. The second kappa shape index (κ2) is 4.59. The van der Waals surface area contributed by atoms with E-state index in [0.717, 1.165) is 24.5 Å². The van der Waals surface area contributed by atoms with Crippen molar-refractivity contribution in [3.63, 3.8) is 0 Å². The third-order valence-corrected chi connectivity index (χ3v) is 3.01. The molecule has 1 N–H and O–H groups in total. The van der Waals surface area contributed by atoms with Crippen molar-refractivity contribution in [2.24, 2.45) is 0 Å². The van der Waals surface area contributed by atoms with Gasteiger partial charge in [-0.25, -0.2) is 8.42 Å². The highest BCUT2D eigenvalue weighted by Crippen LogP contribution is 2.40. The molecule has 1 saturated carbocycles. The maximum atomic E-state index is 12.8. The number of hydrogen-bond donors (Lipinski definition) is 1. The summed E-state index contributed by atoms with van der Waals surface area (Å²) in [5.74, 6) is -0.344. The summed E-state index contributed by atoms with van der Waals surface area (Å²) in [4.78, 5) is 0. The third kappa shape index (κ3) is 4.02. The molecule has 0 heterocycles. The molecule has 0 bridgehead atoms. The Kier molecular flexibility index (Phi) is 3.38. The standard InChI is InChI=1S/C11H12F3NO3S/c1-19(16,17)15-7-2-5-9(11(12,13)14)10(6-7)18-8-3-4-8/h2,5-6,8,15H,3-4H2,1H3. The molecule has 1 aromatic carbocycles. The number of nitrogens with one attached hydrogen (secondary N) is 1. The van der Waals surface area contributed by atoms with E-state index in [2.05, 4.69) is 4.72 Å². The number of alkyl halides is 3. The monoisotopic (exact) mass is 295 g/mol. The molecule has 106 valence electrons. The third-order valence-electron chi connectivity index (χ3n) is 2.41. The highest BCUT2D eigenvalue weighted by Gasteiger charge is 2.36. The van der Waals surface area contributed by atoms with Crippen molar-refractivity contribution in [2.45, 2.75) is 25.1 Å². The van der Waals surface area contributed by atoms with Crippen LogP contribution >= 0.6 is 0 Å². The Morgan fingerprint density at radius 1 is 1.32 bits per heavy atom. The van der Waals surface area contributed by atoms with E-state index in [0.29, 0.717) is 12.8 Å². The number of hydrogen-bond acceptors (Lipinski definition) is 3. The first-order chi connectivity index (χ1) is 8.65. The molecule has 0 aliphatic heterocycles. The topological polar surface area (TPSA) is 55.4 Å². The minimum Gasteiger partial charge on any atom is -0.490 e. The highest BCUT2D eigenvalue weighted by atomic mass is 32.2. The van der Waals surface area contributed by atoms with Gasteiger partial charge in [0.1, 0.15) is 5.75 Å². The minimum atomic E-state index is -4.53. The molecule has 0 atom stereocenters. The van der Waals surface area contributed by atoms with Gasteiger partial charge in [-0.3, -0.25) is 4.72 Å². The Balaban J connectivity index is 2.35. The molecule has 0 radical (unpaired) electrons. The van der Waals surface area contributed by atoms with Gasteiger partial charge >= 0.3 is 6.18 Å². The van der Waals surface area contributed by atoms with Crippen LogP contribution in [0, 0.1) is 0 Å². The summed E-state index contributed by atoms with van der Waals surface area (Å²) < 4.78 is 67.7. The van der Waals surface area contributed by atoms with Crippen LogP contribution in [0.15, 0.2) is 18.2 Å². The molecule has 1 fully saturated rings. The van der Waals surface area contributed by atoms with Gasteiger partial charge in [0.05, 0.1) is 23.6 Å². The van der Waals surface area contributed by atoms with E-state index in [1.165, 1.54) is 0 Å². The van der Waals surface area contributed by atoms with Crippen molar-refractivity contribution in [1.29, 1.82) is 0 Å². The molecule has 19 heavy (non-hydrogen) atoms. The quantitative estimate of drug-likeness (QED) is 0.929. The molecular weight excluding hydrogens is 283 g/mol. The van der Waals surface area contributed by atoms with Gasteiger partial charge in [0.15, 0.2) is 0 Å². The van der Waals surface area contributed by atoms with E-state index in [4.69, 9.17) is 4.74 Å². The lowest BCUT2D eigenvalue weighted by Gasteiger charge is -2.15. The molecule has 1 aliphatic carbocycles. The lowest BCUT2D eigenvalue weighted by Crippen LogP contribution is -2.12. The lowest BCUT2D eigenvalue weighted by atomic mass is 10.2. The molecule has 0 spiro atoms. The van der Waals surface area contributed by atoms with Crippen LogP contribution in [0.1, 0.15) is 18.4 Å². The van der Waals surface area contributed by atoms with Crippen molar-refractivity contribution in [3.8, 4) is 5.75 Å². The van der Waals surface area contributed by atoms with Crippen LogP contribution in [-0.4, -0.2) is 20.8 Å². The van der Waals surface area contributed by atoms with Crippen LogP contribution in [0.5, 0.6) is 5.75 Å². The Labute approximate surface area is 108 Å². The molecular formula is C11H12F3NO3S. The Hall–Kier alpha value is -1.44. The summed E-state index contributed by atoms with van der Waals surface area (Å²) in [6.07, 6.45) is -2.41. The first-order valence-electron chi connectivity index (χ1n) is 5.51. The van der Waals surface area contributed by atoms with Crippen LogP contribution in [0.25, 0.3) is 0 Å². The fourth-order valence-corrected chi connectivity index (χ4v) is 2.05. The number of ether oxygens (including phenoxy) is 1.